The number of allylic oxidation sites excluding steroid dienone is 2. The average Bonchev–Trinajstić information content (AvgIpc) is 2.82. The molecule has 4 rings (SSSR count). The van der Waals surface area contributed by atoms with E-state index in [1.807, 2.05) is 12.3 Å². The van der Waals surface area contributed by atoms with E-state index in [0.29, 0.717) is 18.2 Å². The Labute approximate surface area is 219 Å². The van der Waals surface area contributed by atoms with Gasteiger partial charge in [0, 0.05) is 39.7 Å². The average molecular weight is 598 g/mol. The zero-order valence-corrected chi connectivity index (χ0v) is 23.0. The quantitative estimate of drug-likeness (QED) is 0.425. The third kappa shape index (κ3) is 6.14. The number of halogens is 3. The van der Waals surface area contributed by atoms with Crippen LogP contribution in [0.25, 0.3) is 5.57 Å². The van der Waals surface area contributed by atoms with Gasteiger partial charge in [-0.15, -0.1) is 0 Å². The molecule has 0 spiro atoms. The second kappa shape index (κ2) is 11.6. The number of likely N-dealkylation sites (tertiary alicyclic amines) is 1. The number of hydrogen-bond acceptors (Lipinski definition) is 3. The molecule has 2 saturated heterocycles. The first-order valence-corrected chi connectivity index (χ1v) is 13.9. The molecule has 1 atom stereocenters. The Kier molecular flexibility index (Phi) is 8.77. The summed E-state index contributed by atoms with van der Waals surface area (Å²) >= 11 is 13.8. The van der Waals surface area contributed by atoms with Crippen molar-refractivity contribution >= 4 is 54.9 Å². The van der Waals surface area contributed by atoms with Crippen molar-refractivity contribution in [2.24, 2.45) is 5.92 Å². The highest BCUT2D eigenvalue weighted by atomic mass is 79.9. The van der Waals surface area contributed by atoms with Crippen molar-refractivity contribution in [1.82, 2.24) is 15.5 Å². The minimum absolute atomic E-state index is 0.0843. The topological polar surface area (TPSA) is 44.4 Å². The molecule has 178 valence electrons. The maximum atomic E-state index is 13.0. The SMILES string of the molecule is CCc1cc(Cl)cc(Br)c1C(=C1CCN(C(=O)CC2CCNCC2)CC1)C1C=CC(Br)=CN1. The van der Waals surface area contributed by atoms with Gasteiger partial charge in [-0.2, -0.15) is 0 Å². The smallest absolute Gasteiger partial charge is 0.222 e. The van der Waals surface area contributed by atoms with Crippen LogP contribution in [0.4, 0.5) is 0 Å². The molecule has 0 saturated carbocycles. The Hall–Kier alpha value is -1.08. The minimum Gasteiger partial charge on any atom is -0.380 e. The summed E-state index contributed by atoms with van der Waals surface area (Å²) in [7, 11) is 0. The predicted octanol–water partition coefficient (Wildman–Crippen LogP) is 6.19. The Morgan fingerprint density at radius 1 is 1.18 bits per heavy atom. The molecular weight excluding hydrogens is 566 g/mol. The van der Waals surface area contributed by atoms with Crippen LogP contribution in [0.5, 0.6) is 0 Å². The normalized spacial score (nSPS) is 21.6. The highest BCUT2D eigenvalue weighted by molar-refractivity contribution is 9.12. The number of amides is 1. The Morgan fingerprint density at radius 2 is 1.91 bits per heavy atom. The molecule has 2 fully saturated rings. The van der Waals surface area contributed by atoms with E-state index in [-0.39, 0.29) is 6.04 Å². The first-order valence-electron chi connectivity index (χ1n) is 11.9. The number of nitrogens with one attached hydrogen (secondary N) is 2. The lowest BCUT2D eigenvalue weighted by atomic mass is 9.85. The van der Waals surface area contributed by atoms with Gasteiger partial charge in [-0.3, -0.25) is 4.79 Å². The van der Waals surface area contributed by atoms with Crippen molar-refractivity contribution in [3.8, 4) is 0 Å². The maximum Gasteiger partial charge on any atom is 0.222 e. The van der Waals surface area contributed by atoms with Crippen LogP contribution in [-0.2, 0) is 11.2 Å². The number of piperidine rings is 2. The van der Waals surface area contributed by atoms with Crippen molar-refractivity contribution in [2.45, 2.75) is 51.5 Å². The van der Waals surface area contributed by atoms with Gasteiger partial charge in [-0.25, -0.2) is 0 Å². The highest BCUT2D eigenvalue weighted by Crippen LogP contribution is 2.39. The molecule has 1 aromatic rings. The van der Waals surface area contributed by atoms with Crippen molar-refractivity contribution < 1.29 is 4.79 Å². The number of nitrogens with zero attached hydrogens (tertiary/aromatic N) is 1. The number of aryl methyl sites for hydroxylation is 1. The van der Waals surface area contributed by atoms with Crippen LogP contribution in [0, 0.1) is 5.92 Å². The van der Waals surface area contributed by atoms with E-state index < -0.39 is 0 Å². The van der Waals surface area contributed by atoms with E-state index >= 15 is 0 Å². The predicted molar refractivity (Wildman–Crippen MR) is 145 cm³/mol. The summed E-state index contributed by atoms with van der Waals surface area (Å²) in [6.45, 7) is 5.84. The number of dihydropyridines is 1. The fraction of sp³-hybridized carbons (Fsp3) is 0.500. The summed E-state index contributed by atoms with van der Waals surface area (Å²) < 4.78 is 2.06. The second-order valence-corrected chi connectivity index (χ2v) is 11.3. The molecule has 1 aromatic carbocycles. The maximum absolute atomic E-state index is 13.0. The van der Waals surface area contributed by atoms with E-state index in [9.17, 15) is 4.79 Å². The Morgan fingerprint density at radius 3 is 2.55 bits per heavy atom. The lowest BCUT2D eigenvalue weighted by Crippen LogP contribution is -2.39. The summed E-state index contributed by atoms with van der Waals surface area (Å²) in [5.74, 6) is 0.858. The van der Waals surface area contributed by atoms with Gasteiger partial charge in [-0.1, -0.05) is 46.1 Å². The van der Waals surface area contributed by atoms with Gasteiger partial charge in [0.05, 0.1) is 6.04 Å². The van der Waals surface area contributed by atoms with Crippen molar-refractivity contribution in [3.05, 3.63) is 61.2 Å². The van der Waals surface area contributed by atoms with Crippen LogP contribution in [0.3, 0.4) is 0 Å². The van der Waals surface area contributed by atoms with Gasteiger partial charge in [0.1, 0.15) is 0 Å². The van der Waals surface area contributed by atoms with Gasteiger partial charge < -0.3 is 15.5 Å². The summed E-state index contributed by atoms with van der Waals surface area (Å²) in [6.07, 6.45) is 12.0. The molecule has 0 aromatic heterocycles. The molecular formula is C26H32Br2ClN3O. The van der Waals surface area contributed by atoms with Crippen LogP contribution in [-0.4, -0.2) is 43.0 Å². The first kappa shape index (κ1) is 25.0. The van der Waals surface area contributed by atoms with Crippen LogP contribution in [0.2, 0.25) is 5.02 Å². The summed E-state index contributed by atoms with van der Waals surface area (Å²) in [6, 6.07) is 4.16. The third-order valence-electron chi connectivity index (χ3n) is 6.97. The molecule has 0 aliphatic carbocycles. The molecule has 0 bridgehead atoms. The molecule has 2 N–H and O–H groups in total. The number of rotatable bonds is 5. The number of hydrogen-bond donors (Lipinski definition) is 2. The zero-order valence-electron chi connectivity index (χ0n) is 19.1. The van der Waals surface area contributed by atoms with E-state index in [1.54, 1.807) is 0 Å². The minimum atomic E-state index is 0.0843. The monoisotopic (exact) mass is 595 g/mol. The van der Waals surface area contributed by atoms with E-state index in [4.69, 9.17) is 11.6 Å². The summed E-state index contributed by atoms with van der Waals surface area (Å²) in [5.41, 5.74) is 5.21. The van der Waals surface area contributed by atoms with Gasteiger partial charge in [-0.05, 0) is 102 Å². The van der Waals surface area contributed by atoms with Gasteiger partial charge >= 0.3 is 0 Å². The fourth-order valence-corrected chi connectivity index (χ4v) is 6.53. The molecule has 7 heteroatoms. The van der Waals surface area contributed by atoms with Crippen molar-refractivity contribution in [1.29, 1.82) is 0 Å². The van der Waals surface area contributed by atoms with E-state index in [0.717, 1.165) is 72.3 Å². The van der Waals surface area contributed by atoms with Crippen LogP contribution < -0.4 is 10.6 Å². The molecule has 33 heavy (non-hydrogen) atoms. The Bertz CT molecular complexity index is 972. The van der Waals surface area contributed by atoms with Gasteiger partial charge in [0.25, 0.3) is 0 Å². The molecule has 4 nitrogen and oxygen atoms in total. The van der Waals surface area contributed by atoms with Crippen molar-refractivity contribution in [3.63, 3.8) is 0 Å². The van der Waals surface area contributed by atoms with Crippen LogP contribution in [0.1, 0.15) is 50.2 Å². The van der Waals surface area contributed by atoms with Crippen molar-refractivity contribution in [2.75, 3.05) is 26.2 Å². The third-order valence-corrected chi connectivity index (χ3v) is 8.31. The molecule has 3 aliphatic heterocycles. The van der Waals surface area contributed by atoms with Crippen LogP contribution in [0.15, 0.2) is 45.0 Å². The lowest BCUT2D eigenvalue weighted by molar-refractivity contribution is -0.132. The van der Waals surface area contributed by atoms with Gasteiger partial charge in [0.2, 0.25) is 5.91 Å². The molecule has 1 unspecified atom stereocenters. The Balaban J connectivity index is 1.59. The molecule has 1 amide bonds. The number of carbonyl (C=O) groups is 1. The molecule has 3 heterocycles. The lowest BCUT2D eigenvalue weighted by Gasteiger charge is -2.34. The zero-order chi connectivity index (χ0) is 23.4. The van der Waals surface area contributed by atoms with E-state index in [1.165, 1.54) is 22.3 Å². The standard InChI is InChI=1S/C26H32Br2ClN3O/c1-2-18-14-21(29)15-22(28)25(18)26(23-4-3-20(27)16-31-23)19-7-11-32(12-8-19)24(33)13-17-5-9-30-10-6-17/h3-4,14-17,23,30-31H,2,5-13H2,1H3. The van der Waals surface area contributed by atoms with Crippen LogP contribution >= 0.6 is 43.5 Å². The fourth-order valence-electron chi connectivity index (χ4n) is 5.16. The largest absolute Gasteiger partial charge is 0.380 e. The van der Waals surface area contributed by atoms with E-state index in [2.05, 4.69) is 72.5 Å². The number of benzene rings is 1. The first-order chi connectivity index (χ1) is 16.0. The summed E-state index contributed by atoms with van der Waals surface area (Å²) in [5, 5.41) is 7.69. The number of carbonyl (C=O) groups excluding carboxylic acids is 1. The molecule has 0 radical (unpaired) electrons. The molecule has 3 aliphatic rings. The van der Waals surface area contributed by atoms with Gasteiger partial charge in [0.15, 0.2) is 0 Å². The second-order valence-electron chi connectivity index (χ2n) is 9.10. The highest BCUT2D eigenvalue weighted by Gasteiger charge is 2.28. The summed E-state index contributed by atoms with van der Waals surface area (Å²) in [4.78, 5) is 15.1.